The first-order valence-electron chi connectivity index (χ1n) is 5.88. The van der Waals surface area contributed by atoms with E-state index in [4.69, 9.17) is 5.11 Å². The fourth-order valence-corrected chi connectivity index (χ4v) is 2.76. The SMILES string of the molecule is Cc1ccccc1CSc1c(F)cc(C(=O)O)cc1F. The maximum atomic E-state index is 13.8. The second kappa shape index (κ2) is 6.05. The number of carboxylic acids is 1. The van der Waals surface area contributed by atoms with Crippen LogP contribution in [0.2, 0.25) is 0 Å². The maximum absolute atomic E-state index is 13.8. The van der Waals surface area contributed by atoms with Crippen LogP contribution in [0.4, 0.5) is 8.78 Å². The van der Waals surface area contributed by atoms with Crippen LogP contribution in [0.1, 0.15) is 21.5 Å². The zero-order valence-corrected chi connectivity index (χ0v) is 11.5. The van der Waals surface area contributed by atoms with Crippen LogP contribution in [-0.2, 0) is 5.75 Å². The lowest BCUT2D eigenvalue weighted by Gasteiger charge is -2.08. The van der Waals surface area contributed by atoms with Crippen LogP contribution in [0, 0.1) is 18.6 Å². The number of benzene rings is 2. The molecule has 0 aliphatic heterocycles. The highest BCUT2D eigenvalue weighted by atomic mass is 32.2. The van der Waals surface area contributed by atoms with Gasteiger partial charge in [-0.05, 0) is 30.2 Å². The molecule has 0 spiro atoms. The van der Waals surface area contributed by atoms with Crippen LogP contribution in [-0.4, -0.2) is 11.1 Å². The average Bonchev–Trinajstić information content (AvgIpc) is 2.39. The summed E-state index contributed by atoms with van der Waals surface area (Å²) >= 11 is 1.02. The number of rotatable bonds is 4. The fourth-order valence-electron chi connectivity index (χ4n) is 1.74. The summed E-state index contributed by atoms with van der Waals surface area (Å²) in [7, 11) is 0. The minimum absolute atomic E-state index is 0.154. The zero-order chi connectivity index (χ0) is 14.7. The van der Waals surface area contributed by atoms with Crippen molar-refractivity contribution in [2.45, 2.75) is 17.6 Å². The van der Waals surface area contributed by atoms with E-state index in [0.29, 0.717) is 5.75 Å². The highest BCUT2D eigenvalue weighted by Gasteiger charge is 2.15. The molecule has 2 aromatic rings. The molecule has 0 unspecified atom stereocenters. The van der Waals surface area contributed by atoms with Gasteiger partial charge in [-0.2, -0.15) is 0 Å². The highest BCUT2D eigenvalue weighted by molar-refractivity contribution is 7.98. The third kappa shape index (κ3) is 3.17. The number of halogens is 2. The van der Waals surface area contributed by atoms with Crippen LogP contribution in [0.3, 0.4) is 0 Å². The molecule has 2 nitrogen and oxygen atoms in total. The molecule has 0 saturated heterocycles. The zero-order valence-electron chi connectivity index (χ0n) is 10.7. The molecule has 0 fully saturated rings. The van der Waals surface area contributed by atoms with Crippen molar-refractivity contribution in [3.8, 4) is 0 Å². The van der Waals surface area contributed by atoms with Gasteiger partial charge >= 0.3 is 5.97 Å². The van der Waals surface area contributed by atoms with E-state index in [9.17, 15) is 13.6 Å². The van der Waals surface area contributed by atoms with Crippen molar-refractivity contribution in [1.82, 2.24) is 0 Å². The largest absolute Gasteiger partial charge is 0.478 e. The van der Waals surface area contributed by atoms with Crippen molar-refractivity contribution in [3.63, 3.8) is 0 Å². The minimum atomic E-state index is -1.35. The monoisotopic (exact) mass is 294 g/mol. The first-order chi connectivity index (χ1) is 9.49. The summed E-state index contributed by atoms with van der Waals surface area (Å²) in [4.78, 5) is 10.5. The Morgan fingerprint density at radius 1 is 1.20 bits per heavy atom. The number of carbonyl (C=O) groups is 1. The number of thioether (sulfide) groups is 1. The van der Waals surface area contributed by atoms with Crippen molar-refractivity contribution in [2.75, 3.05) is 0 Å². The molecule has 0 aromatic heterocycles. The smallest absolute Gasteiger partial charge is 0.335 e. The quantitative estimate of drug-likeness (QED) is 0.856. The third-order valence-electron chi connectivity index (χ3n) is 2.88. The second-order valence-electron chi connectivity index (χ2n) is 4.29. The normalized spacial score (nSPS) is 10.6. The van der Waals surface area contributed by atoms with Gasteiger partial charge in [-0.15, -0.1) is 11.8 Å². The minimum Gasteiger partial charge on any atom is -0.478 e. The van der Waals surface area contributed by atoms with E-state index in [2.05, 4.69) is 0 Å². The molecule has 20 heavy (non-hydrogen) atoms. The van der Waals surface area contributed by atoms with Gasteiger partial charge < -0.3 is 5.11 Å². The van der Waals surface area contributed by atoms with Crippen LogP contribution in [0.25, 0.3) is 0 Å². The Labute approximate surface area is 119 Å². The first kappa shape index (κ1) is 14.5. The molecule has 0 atom stereocenters. The van der Waals surface area contributed by atoms with Gasteiger partial charge in [-0.1, -0.05) is 24.3 Å². The Hall–Kier alpha value is -1.88. The summed E-state index contributed by atoms with van der Waals surface area (Å²) in [6, 6.07) is 9.26. The van der Waals surface area contributed by atoms with E-state index >= 15 is 0 Å². The van der Waals surface area contributed by atoms with E-state index in [0.717, 1.165) is 35.0 Å². The Bertz CT molecular complexity index is 633. The van der Waals surface area contributed by atoms with Crippen LogP contribution >= 0.6 is 11.8 Å². The van der Waals surface area contributed by atoms with E-state index in [-0.39, 0.29) is 10.5 Å². The molecule has 0 saturated carbocycles. The van der Waals surface area contributed by atoms with Crippen molar-refractivity contribution >= 4 is 17.7 Å². The predicted molar refractivity (Wildman–Crippen MR) is 74.1 cm³/mol. The summed E-state index contributed by atoms with van der Waals surface area (Å²) in [5.41, 5.74) is 1.64. The molecule has 0 bridgehead atoms. The Kier molecular flexibility index (Phi) is 4.39. The first-order valence-corrected chi connectivity index (χ1v) is 6.87. The van der Waals surface area contributed by atoms with Crippen molar-refractivity contribution in [2.24, 2.45) is 0 Å². The number of carboxylic acid groups (broad SMARTS) is 1. The lowest BCUT2D eigenvalue weighted by atomic mass is 10.1. The lowest BCUT2D eigenvalue weighted by Crippen LogP contribution is -2.00. The Balaban J connectivity index is 2.22. The van der Waals surface area contributed by atoms with Crippen molar-refractivity contribution in [1.29, 1.82) is 0 Å². The van der Waals surface area contributed by atoms with Crippen LogP contribution in [0.15, 0.2) is 41.3 Å². The molecular formula is C15H12F2O2S. The van der Waals surface area contributed by atoms with Crippen LogP contribution in [0.5, 0.6) is 0 Å². The van der Waals surface area contributed by atoms with Gasteiger partial charge in [0.2, 0.25) is 0 Å². The molecule has 1 N–H and O–H groups in total. The molecule has 0 heterocycles. The maximum Gasteiger partial charge on any atom is 0.335 e. The number of aromatic carboxylic acids is 1. The Morgan fingerprint density at radius 3 is 2.35 bits per heavy atom. The van der Waals surface area contributed by atoms with Gasteiger partial charge in [0.1, 0.15) is 11.6 Å². The van der Waals surface area contributed by atoms with Crippen LogP contribution < -0.4 is 0 Å². The second-order valence-corrected chi connectivity index (χ2v) is 5.27. The molecule has 104 valence electrons. The van der Waals surface area contributed by atoms with Gasteiger partial charge in [0.15, 0.2) is 0 Å². The molecule has 2 aromatic carbocycles. The molecule has 2 rings (SSSR count). The van der Waals surface area contributed by atoms with E-state index in [1.807, 2.05) is 31.2 Å². The molecular weight excluding hydrogens is 282 g/mol. The molecule has 0 aliphatic carbocycles. The van der Waals surface area contributed by atoms with Gasteiger partial charge in [0.25, 0.3) is 0 Å². The number of hydrogen-bond acceptors (Lipinski definition) is 2. The Morgan fingerprint density at radius 2 is 1.80 bits per heavy atom. The lowest BCUT2D eigenvalue weighted by molar-refractivity contribution is 0.0695. The molecule has 0 amide bonds. The summed E-state index contributed by atoms with van der Waals surface area (Å²) in [5.74, 6) is -2.62. The molecule has 5 heteroatoms. The van der Waals surface area contributed by atoms with Gasteiger partial charge in [0, 0.05) is 5.75 Å². The van der Waals surface area contributed by atoms with E-state index < -0.39 is 17.6 Å². The molecule has 0 aliphatic rings. The standard InChI is InChI=1S/C15H12F2O2S/c1-9-4-2-3-5-10(9)8-20-14-12(16)6-11(15(18)19)7-13(14)17/h2-7H,8H2,1H3,(H,18,19). The fraction of sp³-hybridized carbons (Fsp3) is 0.133. The molecule has 0 radical (unpaired) electrons. The average molecular weight is 294 g/mol. The third-order valence-corrected chi connectivity index (χ3v) is 4.01. The summed E-state index contributed by atoms with van der Waals surface area (Å²) < 4.78 is 27.5. The predicted octanol–water partition coefficient (Wildman–Crippen LogP) is 4.26. The van der Waals surface area contributed by atoms with Crippen molar-refractivity contribution < 1.29 is 18.7 Å². The van der Waals surface area contributed by atoms with Crippen molar-refractivity contribution in [3.05, 3.63) is 64.7 Å². The van der Waals surface area contributed by atoms with Gasteiger partial charge in [-0.25, -0.2) is 13.6 Å². The number of aryl methyl sites for hydroxylation is 1. The van der Waals surface area contributed by atoms with E-state index in [1.165, 1.54) is 0 Å². The summed E-state index contributed by atoms with van der Waals surface area (Å²) in [6.07, 6.45) is 0. The number of hydrogen-bond donors (Lipinski definition) is 1. The highest BCUT2D eigenvalue weighted by Crippen LogP contribution is 2.30. The summed E-state index contributed by atoms with van der Waals surface area (Å²) in [5, 5.41) is 8.73. The summed E-state index contributed by atoms with van der Waals surface area (Å²) in [6.45, 7) is 1.93. The topological polar surface area (TPSA) is 37.3 Å². The van der Waals surface area contributed by atoms with Gasteiger partial charge in [-0.3, -0.25) is 0 Å². The van der Waals surface area contributed by atoms with E-state index in [1.54, 1.807) is 0 Å². The van der Waals surface area contributed by atoms with Gasteiger partial charge in [0.05, 0.1) is 10.5 Å².